The Morgan fingerprint density at radius 1 is 1.26 bits per heavy atom. The van der Waals surface area contributed by atoms with Crippen LogP contribution in [0.2, 0.25) is 6.04 Å². The molecule has 2 N–H and O–H groups in total. The van der Waals surface area contributed by atoms with Crippen molar-refractivity contribution in [1.29, 1.82) is 0 Å². The molecule has 1 unspecified atom stereocenters. The Bertz CT molecular complexity index is 441. The lowest BCUT2D eigenvalue weighted by Crippen LogP contribution is -2.47. The predicted molar refractivity (Wildman–Crippen MR) is 95.8 cm³/mol. The van der Waals surface area contributed by atoms with Crippen LogP contribution in [0.3, 0.4) is 0 Å². The quantitative estimate of drug-likeness (QED) is 0.594. The number of hydrogen-bond donors (Lipinski definition) is 1. The van der Waals surface area contributed by atoms with Crippen LogP contribution in [0.25, 0.3) is 0 Å². The Hall–Kier alpha value is -1.18. The van der Waals surface area contributed by atoms with Gasteiger partial charge in [0.25, 0.3) is 0 Å². The Balaban J connectivity index is 2.60. The van der Waals surface area contributed by atoms with Crippen LogP contribution in [0, 0.1) is 0 Å². The second-order valence-electron chi connectivity index (χ2n) is 5.48. The van der Waals surface area contributed by atoms with Gasteiger partial charge in [-0.2, -0.15) is 0 Å². The SMILES string of the molecule is C=CN(Cc1ccccc1)C(C)CO[Si](CCCN)(OC)OC. The van der Waals surface area contributed by atoms with Gasteiger partial charge >= 0.3 is 8.80 Å². The highest BCUT2D eigenvalue weighted by Crippen LogP contribution is 2.17. The van der Waals surface area contributed by atoms with Crippen molar-refractivity contribution in [3.05, 3.63) is 48.7 Å². The lowest BCUT2D eigenvalue weighted by atomic mass is 10.2. The van der Waals surface area contributed by atoms with Gasteiger partial charge in [0.15, 0.2) is 0 Å². The first kappa shape index (κ1) is 19.9. The number of hydrogen-bond acceptors (Lipinski definition) is 5. The average molecular weight is 339 g/mol. The summed E-state index contributed by atoms with van der Waals surface area (Å²) in [6, 6.07) is 11.2. The normalized spacial score (nSPS) is 12.9. The maximum Gasteiger partial charge on any atom is 0.500 e. The zero-order chi connectivity index (χ0) is 17.1. The molecule has 0 aliphatic rings. The van der Waals surface area contributed by atoms with E-state index >= 15 is 0 Å². The van der Waals surface area contributed by atoms with Gasteiger partial charge in [0.1, 0.15) is 0 Å². The summed E-state index contributed by atoms with van der Waals surface area (Å²) in [6.45, 7) is 7.95. The van der Waals surface area contributed by atoms with Crippen molar-refractivity contribution in [1.82, 2.24) is 4.90 Å². The van der Waals surface area contributed by atoms with Crippen molar-refractivity contribution in [3.63, 3.8) is 0 Å². The molecule has 0 saturated heterocycles. The van der Waals surface area contributed by atoms with Crippen LogP contribution < -0.4 is 5.73 Å². The van der Waals surface area contributed by atoms with E-state index in [1.807, 2.05) is 24.4 Å². The summed E-state index contributed by atoms with van der Waals surface area (Å²) >= 11 is 0. The van der Waals surface area contributed by atoms with Crippen LogP contribution in [0.1, 0.15) is 18.9 Å². The zero-order valence-electron chi connectivity index (χ0n) is 14.5. The van der Waals surface area contributed by atoms with Gasteiger partial charge < -0.3 is 23.9 Å². The Morgan fingerprint density at radius 3 is 2.43 bits per heavy atom. The van der Waals surface area contributed by atoms with E-state index in [-0.39, 0.29) is 6.04 Å². The molecule has 6 heteroatoms. The molecule has 0 radical (unpaired) electrons. The largest absolute Gasteiger partial charge is 0.500 e. The van der Waals surface area contributed by atoms with Gasteiger partial charge in [-0.25, -0.2) is 0 Å². The first-order valence-corrected chi connectivity index (χ1v) is 9.90. The van der Waals surface area contributed by atoms with Gasteiger partial charge in [-0.15, -0.1) is 0 Å². The van der Waals surface area contributed by atoms with E-state index in [0.29, 0.717) is 13.2 Å². The smallest absolute Gasteiger partial charge is 0.377 e. The fraction of sp³-hybridized carbons (Fsp3) is 0.529. The number of nitrogens with two attached hydrogens (primary N) is 1. The maximum atomic E-state index is 6.06. The highest BCUT2D eigenvalue weighted by atomic mass is 28.4. The monoisotopic (exact) mass is 338 g/mol. The van der Waals surface area contributed by atoms with Gasteiger partial charge in [0.05, 0.1) is 6.61 Å². The lowest BCUT2D eigenvalue weighted by Gasteiger charge is -2.32. The highest BCUT2D eigenvalue weighted by molar-refractivity contribution is 6.60. The second kappa shape index (κ2) is 10.6. The zero-order valence-corrected chi connectivity index (χ0v) is 15.5. The van der Waals surface area contributed by atoms with Crippen molar-refractivity contribution in [2.45, 2.75) is 32.0 Å². The standard InChI is InChI=1S/C17H30N2O3Si/c1-5-19(14-17-10-7-6-8-11-17)16(2)15-22-23(20-3,21-4)13-9-12-18/h5-8,10-11,16H,1,9,12-15,18H2,2-4H3. The van der Waals surface area contributed by atoms with Crippen LogP contribution in [-0.4, -0.2) is 47.1 Å². The van der Waals surface area contributed by atoms with Gasteiger partial charge in [0, 0.05) is 32.9 Å². The van der Waals surface area contributed by atoms with Crippen LogP contribution in [0.4, 0.5) is 0 Å². The van der Waals surface area contributed by atoms with E-state index in [4.69, 9.17) is 19.0 Å². The molecule has 0 spiro atoms. The molecule has 0 aliphatic heterocycles. The maximum absolute atomic E-state index is 6.06. The summed E-state index contributed by atoms with van der Waals surface area (Å²) in [7, 11) is 0.671. The minimum atomic E-state index is -2.62. The molecule has 1 rings (SSSR count). The van der Waals surface area contributed by atoms with E-state index in [1.165, 1.54) is 5.56 Å². The fourth-order valence-electron chi connectivity index (χ4n) is 2.33. The second-order valence-corrected chi connectivity index (χ2v) is 8.46. The van der Waals surface area contributed by atoms with Crippen molar-refractivity contribution < 1.29 is 13.3 Å². The molecular weight excluding hydrogens is 308 g/mol. The molecule has 0 saturated carbocycles. The topological polar surface area (TPSA) is 57.0 Å². The molecule has 0 heterocycles. The van der Waals surface area contributed by atoms with Crippen LogP contribution >= 0.6 is 0 Å². The third-order valence-corrected chi connectivity index (χ3v) is 6.68. The molecule has 23 heavy (non-hydrogen) atoms. The Kier molecular flexibility index (Phi) is 9.12. The fourth-order valence-corrected chi connectivity index (χ4v) is 4.42. The van der Waals surface area contributed by atoms with E-state index in [1.54, 1.807) is 14.2 Å². The number of rotatable bonds is 12. The van der Waals surface area contributed by atoms with Crippen LogP contribution in [0.5, 0.6) is 0 Å². The summed E-state index contributed by atoms with van der Waals surface area (Å²) in [4.78, 5) is 2.16. The minimum Gasteiger partial charge on any atom is -0.377 e. The third kappa shape index (κ3) is 6.45. The van der Waals surface area contributed by atoms with Crippen molar-refractivity contribution >= 4 is 8.80 Å². The molecule has 0 aromatic heterocycles. The van der Waals surface area contributed by atoms with Crippen LogP contribution in [-0.2, 0) is 19.8 Å². The predicted octanol–water partition coefficient (Wildman–Crippen LogP) is 2.62. The highest BCUT2D eigenvalue weighted by Gasteiger charge is 2.38. The Labute approximate surface area is 141 Å². The summed E-state index contributed by atoms with van der Waals surface area (Å²) in [5.74, 6) is 0. The van der Waals surface area contributed by atoms with Gasteiger partial charge in [-0.05, 0) is 31.7 Å². The molecule has 0 bridgehead atoms. The lowest BCUT2D eigenvalue weighted by molar-refractivity contribution is 0.0726. The minimum absolute atomic E-state index is 0.169. The molecule has 1 aromatic rings. The third-order valence-electron chi connectivity index (χ3n) is 3.86. The van der Waals surface area contributed by atoms with E-state index in [0.717, 1.165) is 19.0 Å². The molecule has 0 aliphatic carbocycles. The summed E-state index contributed by atoms with van der Waals surface area (Å²) in [5.41, 5.74) is 6.83. The van der Waals surface area contributed by atoms with Gasteiger partial charge in [-0.1, -0.05) is 36.9 Å². The summed E-state index contributed by atoms with van der Waals surface area (Å²) < 4.78 is 17.2. The molecule has 5 nitrogen and oxygen atoms in total. The Morgan fingerprint density at radius 2 is 1.91 bits per heavy atom. The first-order chi connectivity index (χ1) is 11.1. The molecule has 0 amide bonds. The van der Waals surface area contributed by atoms with Gasteiger partial charge in [-0.3, -0.25) is 0 Å². The summed E-state index contributed by atoms with van der Waals surface area (Å²) in [5, 5.41) is 0. The molecule has 0 fully saturated rings. The molecule has 1 atom stereocenters. The van der Waals surface area contributed by atoms with Crippen LogP contribution in [0.15, 0.2) is 43.1 Å². The first-order valence-electron chi connectivity index (χ1n) is 7.97. The number of nitrogens with zero attached hydrogens (tertiary/aromatic N) is 1. The van der Waals surface area contributed by atoms with E-state index in [9.17, 15) is 0 Å². The van der Waals surface area contributed by atoms with E-state index in [2.05, 4.69) is 30.5 Å². The molecular formula is C17H30N2O3Si. The average Bonchev–Trinajstić information content (AvgIpc) is 2.61. The van der Waals surface area contributed by atoms with E-state index < -0.39 is 8.80 Å². The summed E-state index contributed by atoms with van der Waals surface area (Å²) in [6.07, 6.45) is 2.68. The van der Waals surface area contributed by atoms with Crippen molar-refractivity contribution in [2.24, 2.45) is 5.73 Å². The van der Waals surface area contributed by atoms with Crippen molar-refractivity contribution in [3.8, 4) is 0 Å². The van der Waals surface area contributed by atoms with Crippen molar-refractivity contribution in [2.75, 3.05) is 27.4 Å². The molecule has 1 aromatic carbocycles. The van der Waals surface area contributed by atoms with Gasteiger partial charge in [0.2, 0.25) is 0 Å². The number of benzene rings is 1. The molecule has 130 valence electrons.